The summed E-state index contributed by atoms with van der Waals surface area (Å²) in [7, 11) is 1.57. The van der Waals surface area contributed by atoms with Crippen molar-refractivity contribution in [2.75, 3.05) is 33.2 Å². The van der Waals surface area contributed by atoms with E-state index in [0.29, 0.717) is 31.7 Å². The van der Waals surface area contributed by atoms with Crippen molar-refractivity contribution in [3.8, 4) is 0 Å². The summed E-state index contributed by atoms with van der Waals surface area (Å²) >= 11 is 0. The van der Waals surface area contributed by atoms with Gasteiger partial charge in [-0.3, -0.25) is 14.6 Å². The van der Waals surface area contributed by atoms with Crippen LogP contribution in [0.5, 0.6) is 0 Å². The zero-order chi connectivity index (χ0) is 23.9. The van der Waals surface area contributed by atoms with Crippen molar-refractivity contribution < 1.29 is 19.2 Å². The van der Waals surface area contributed by atoms with Crippen molar-refractivity contribution in [3.05, 3.63) is 89.8 Å². The lowest BCUT2D eigenvalue weighted by Crippen LogP contribution is -2.49. The van der Waals surface area contributed by atoms with Gasteiger partial charge in [0.25, 0.3) is 11.8 Å². The smallest absolute Gasteiger partial charge is 0.374 e. The number of benzene rings is 2. The first-order chi connectivity index (χ1) is 16.5. The summed E-state index contributed by atoms with van der Waals surface area (Å²) in [5.74, 6) is -1.64. The summed E-state index contributed by atoms with van der Waals surface area (Å²) in [6.45, 7) is 2.18. The average Bonchev–Trinajstić information content (AvgIpc) is 3.20. The van der Waals surface area contributed by atoms with E-state index in [0.717, 1.165) is 5.56 Å². The van der Waals surface area contributed by atoms with Crippen LogP contribution in [0.2, 0.25) is 0 Å². The number of aliphatic imine (C=N–C) groups is 1. The van der Waals surface area contributed by atoms with Crippen molar-refractivity contribution in [2.24, 2.45) is 4.99 Å². The van der Waals surface area contributed by atoms with E-state index in [1.807, 2.05) is 42.6 Å². The van der Waals surface area contributed by atoms with Gasteiger partial charge in [0, 0.05) is 44.9 Å². The molecule has 2 amide bonds. The van der Waals surface area contributed by atoms with Crippen molar-refractivity contribution >= 4 is 29.6 Å². The van der Waals surface area contributed by atoms with Crippen LogP contribution < -0.4 is 5.59 Å². The third-order valence-corrected chi connectivity index (χ3v) is 5.46. The molecule has 0 aromatic heterocycles. The van der Waals surface area contributed by atoms with Gasteiger partial charge in [0.2, 0.25) is 0 Å². The lowest BCUT2D eigenvalue weighted by atomic mass is 10.2. The summed E-state index contributed by atoms with van der Waals surface area (Å²) in [6, 6.07) is 18.4. The van der Waals surface area contributed by atoms with Crippen molar-refractivity contribution in [1.82, 2.24) is 20.4 Å². The van der Waals surface area contributed by atoms with Crippen LogP contribution in [0.15, 0.2) is 83.6 Å². The second-order valence-corrected chi connectivity index (χ2v) is 7.79. The molecule has 0 radical (unpaired) electrons. The van der Waals surface area contributed by atoms with E-state index < -0.39 is 17.8 Å². The van der Waals surface area contributed by atoms with Crippen molar-refractivity contribution in [1.29, 1.82) is 0 Å². The Labute approximate surface area is 197 Å². The molecule has 174 valence electrons. The minimum Gasteiger partial charge on any atom is -0.374 e. The first kappa shape index (κ1) is 22.9. The lowest BCUT2D eigenvalue weighted by molar-refractivity contribution is -0.142. The number of hydrogen-bond acceptors (Lipinski definition) is 7. The topological polar surface area (TPSA) is 94.5 Å². The number of likely N-dealkylation sites (N-methyl/N-ethyl adjacent to an activating group) is 1. The van der Waals surface area contributed by atoms with Crippen LogP contribution in [-0.4, -0.2) is 71.5 Å². The van der Waals surface area contributed by atoms with Gasteiger partial charge >= 0.3 is 5.97 Å². The molecule has 2 aliphatic heterocycles. The van der Waals surface area contributed by atoms with Gasteiger partial charge in [-0.05, 0) is 30.0 Å². The number of carbonyl (C=O) groups is 3. The van der Waals surface area contributed by atoms with Crippen molar-refractivity contribution in [2.45, 2.75) is 0 Å². The molecule has 0 atom stereocenters. The Balaban J connectivity index is 1.50. The van der Waals surface area contributed by atoms with Gasteiger partial charge in [-0.1, -0.05) is 54.1 Å². The van der Waals surface area contributed by atoms with Crippen LogP contribution in [0.4, 0.5) is 0 Å². The minimum absolute atomic E-state index is 0.0809. The van der Waals surface area contributed by atoms with E-state index in [-0.39, 0.29) is 11.4 Å². The fourth-order valence-electron chi connectivity index (χ4n) is 3.52. The van der Waals surface area contributed by atoms with Gasteiger partial charge in [-0.2, -0.15) is 0 Å². The van der Waals surface area contributed by atoms with Gasteiger partial charge in [-0.15, -0.1) is 0 Å². The van der Waals surface area contributed by atoms with E-state index in [1.165, 1.54) is 11.1 Å². The number of carbonyl (C=O) groups excluding carboxylic acids is 3. The Hall–Kier alpha value is -4.24. The predicted octanol–water partition coefficient (Wildman–Crippen LogP) is 1.87. The number of amides is 2. The molecule has 34 heavy (non-hydrogen) atoms. The Morgan fingerprint density at radius 3 is 2.24 bits per heavy atom. The third kappa shape index (κ3) is 5.57. The first-order valence-electron chi connectivity index (χ1n) is 10.9. The molecule has 9 nitrogen and oxygen atoms in total. The number of rotatable bonds is 5. The van der Waals surface area contributed by atoms with Crippen LogP contribution in [0.1, 0.15) is 15.9 Å². The van der Waals surface area contributed by atoms with Crippen LogP contribution in [-0.2, 0) is 14.4 Å². The molecular formula is C25H25N5O4. The van der Waals surface area contributed by atoms with E-state index in [2.05, 4.69) is 15.5 Å². The normalized spacial score (nSPS) is 18.0. The predicted molar refractivity (Wildman–Crippen MR) is 127 cm³/mol. The maximum absolute atomic E-state index is 13.3. The first-order valence-corrected chi connectivity index (χ1v) is 10.9. The summed E-state index contributed by atoms with van der Waals surface area (Å²) in [5.41, 5.74) is 3.81. The van der Waals surface area contributed by atoms with E-state index in [9.17, 15) is 14.4 Å². The zero-order valence-electron chi connectivity index (χ0n) is 18.8. The van der Waals surface area contributed by atoms with Gasteiger partial charge in [-0.25, -0.2) is 9.79 Å². The molecule has 0 spiro atoms. The molecule has 1 N–H and O–H groups in total. The van der Waals surface area contributed by atoms with Crippen molar-refractivity contribution in [3.63, 3.8) is 0 Å². The Kier molecular flexibility index (Phi) is 7.14. The highest BCUT2D eigenvalue weighted by atomic mass is 16.7. The fraction of sp³-hybridized carbons (Fsp3) is 0.200. The van der Waals surface area contributed by atoms with Crippen LogP contribution in [0.25, 0.3) is 6.08 Å². The summed E-state index contributed by atoms with van der Waals surface area (Å²) in [6.07, 6.45) is 5.33. The molecule has 2 aliphatic rings. The zero-order valence-corrected chi connectivity index (χ0v) is 18.8. The second-order valence-electron chi connectivity index (χ2n) is 7.79. The molecule has 0 bridgehead atoms. The minimum atomic E-state index is -0.661. The molecule has 2 aromatic carbocycles. The molecule has 0 unspecified atom stereocenters. The van der Waals surface area contributed by atoms with Crippen LogP contribution in [0.3, 0.4) is 0 Å². The average molecular weight is 460 g/mol. The number of nitrogens with one attached hydrogen (secondary N) is 1. The highest BCUT2D eigenvalue weighted by Gasteiger charge is 2.29. The van der Waals surface area contributed by atoms with E-state index in [1.54, 1.807) is 42.3 Å². The number of hydrazine groups is 1. The van der Waals surface area contributed by atoms with E-state index in [4.69, 9.17) is 4.84 Å². The SMILES string of the molecule is CN1NOC(=O)/C1=C\C(=NC(=O)c1ccccc1)C(=O)N1CCN(/C=C/c2ccccc2)CC1. The number of hydrogen-bond donors (Lipinski definition) is 1. The molecule has 0 aliphatic carbocycles. The molecular weight excluding hydrogens is 434 g/mol. The number of piperazine rings is 1. The van der Waals surface area contributed by atoms with Gasteiger partial charge in [0.15, 0.2) is 0 Å². The van der Waals surface area contributed by atoms with Gasteiger partial charge in [0.1, 0.15) is 11.4 Å². The highest BCUT2D eigenvalue weighted by molar-refractivity contribution is 6.45. The van der Waals surface area contributed by atoms with Crippen LogP contribution >= 0.6 is 0 Å². The Morgan fingerprint density at radius 2 is 1.62 bits per heavy atom. The van der Waals surface area contributed by atoms with Gasteiger partial charge < -0.3 is 14.6 Å². The quantitative estimate of drug-likeness (QED) is 0.539. The molecule has 4 rings (SSSR count). The second kappa shape index (κ2) is 10.6. The molecule has 9 heteroatoms. The number of nitrogens with zero attached hydrogens (tertiary/aromatic N) is 4. The maximum Gasteiger partial charge on any atom is 0.376 e. The standard InChI is InChI=1S/C25H25N5O4/c1-28-22(25(33)34-27-28)18-21(26-23(31)20-10-6-3-7-11-20)24(32)30-16-14-29(15-17-30)13-12-19-8-4-2-5-9-19/h2-13,18,27H,14-17H2,1H3/b13-12+,22-18+,26-21?. The monoisotopic (exact) mass is 459 g/mol. The Morgan fingerprint density at radius 1 is 0.971 bits per heavy atom. The molecule has 2 aromatic rings. The van der Waals surface area contributed by atoms with E-state index >= 15 is 0 Å². The fourth-order valence-corrected chi connectivity index (χ4v) is 3.52. The maximum atomic E-state index is 13.3. The molecule has 0 saturated carbocycles. The lowest BCUT2D eigenvalue weighted by Gasteiger charge is -2.34. The third-order valence-electron chi connectivity index (χ3n) is 5.46. The summed E-state index contributed by atoms with van der Waals surface area (Å²) < 4.78 is 0. The van der Waals surface area contributed by atoms with Crippen LogP contribution in [0, 0.1) is 0 Å². The summed E-state index contributed by atoms with van der Waals surface area (Å²) in [4.78, 5) is 50.7. The highest BCUT2D eigenvalue weighted by Crippen LogP contribution is 2.12. The largest absolute Gasteiger partial charge is 0.376 e. The Bertz CT molecular complexity index is 1140. The molecule has 2 heterocycles. The molecule has 2 saturated heterocycles. The van der Waals surface area contributed by atoms with Gasteiger partial charge in [0.05, 0.1) is 0 Å². The summed E-state index contributed by atoms with van der Waals surface area (Å²) in [5, 5.41) is 1.32. The molecule has 2 fully saturated rings.